The average molecular weight is 406 g/mol. The molecule has 1 saturated heterocycles. The van der Waals surface area contributed by atoms with Gasteiger partial charge in [-0.25, -0.2) is 4.39 Å². The third-order valence-electron chi connectivity index (χ3n) is 5.01. The molecule has 0 radical (unpaired) electrons. The highest BCUT2D eigenvalue weighted by Gasteiger charge is 2.37. The second kappa shape index (κ2) is 8.32. The first-order chi connectivity index (χ1) is 14.5. The molecule has 1 aliphatic rings. The highest BCUT2D eigenvalue weighted by molar-refractivity contribution is 6.03. The summed E-state index contributed by atoms with van der Waals surface area (Å²) in [5, 5.41) is 4.59. The summed E-state index contributed by atoms with van der Waals surface area (Å²) < 4.78 is 19.1. The molecule has 30 heavy (non-hydrogen) atoms. The molecule has 152 valence electrons. The van der Waals surface area contributed by atoms with E-state index in [4.69, 9.17) is 4.74 Å². The maximum atomic E-state index is 14.0. The van der Waals surface area contributed by atoms with Crippen LogP contribution in [0.15, 0.2) is 66.7 Å². The van der Waals surface area contributed by atoms with Gasteiger partial charge in [0.2, 0.25) is 5.91 Å². The summed E-state index contributed by atoms with van der Waals surface area (Å²) >= 11 is 0. The van der Waals surface area contributed by atoms with Crippen molar-refractivity contribution in [2.75, 3.05) is 23.4 Å². The van der Waals surface area contributed by atoms with E-state index in [1.54, 1.807) is 12.1 Å². The number of carbonyl (C=O) groups is 3. The van der Waals surface area contributed by atoms with E-state index in [2.05, 4.69) is 5.32 Å². The van der Waals surface area contributed by atoms with Crippen molar-refractivity contribution >= 4 is 39.9 Å². The van der Waals surface area contributed by atoms with Gasteiger partial charge in [-0.2, -0.15) is 0 Å². The predicted molar refractivity (Wildman–Crippen MR) is 110 cm³/mol. The summed E-state index contributed by atoms with van der Waals surface area (Å²) in [4.78, 5) is 38.1. The molecule has 0 aromatic heterocycles. The Morgan fingerprint density at radius 3 is 2.60 bits per heavy atom. The van der Waals surface area contributed by atoms with E-state index in [-0.39, 0.29) is 24.6 Å². The van der Waals surface area contributed by atoms with Crippen molar-refractivity contribution in [3.05, 3.63) is 72.5 Å². The van der Waals surface area contributed by atoms with Crippen LogP contribution in [0.1, 0.15) is 6.42 Å². The van der Waals surface area contributed by atoms with Gasteiger partial charge in [0.1, 0.15) is 5.82 Å². The van der Waals surface area contributed by atoms with Crippen molar-refractivity contribution in [2.45, 2.75) is 6.42 Å². The zero-order valence-corrected chi connectivity index (χ0v) is 16.0. The maximum Gasteiger partial charge on any atom is 0.311 e. The number of nitrogens with zero attached hydrogens (tertiary/aromatic N) is 1. The minimum atomic E-state index is -0.748. The molecule has 1 fully saturated rings. The van der Waals surface area contributed by atoms with Gasteiger partial charge in [-0.15, -0.1) is 0 Å². The smallest absolute Gasteiger partial charge is 0.311 e. The Morgan fingerprint density at radius 1 is 1.03 bits per heavy atom. The Bertz CT molecular complexity index is 1130. The fourth-order valence-corrected chi connectivity index (χ4v) is 3.54. The third-order valence-corrected chi connectivity index (χ3v) is 5.01. The normalized spacial score (nSPS) is 16.0. The van der Waals surface area contributed by atoms with E-state index < -0.39 is 30.2 Å². The number of ether oxygens (including phenoxy) is 1. The van der Waals surface area contributed by atoms with Crippen LogP contribution in [-0.2, 0) is 19.1 Å². The highest BCUT2D eigenvalue weighted by atomic mass is 19.1. The number of esters is 1. The monoisotopic (exact) mass is 406 g/mol. The van der Waals surface area contributed by atoms with Gasteiger partial charge in [0.05, 0.1) is 11.6 Å². The molecule has 6 nitrogen and oxygen atoms in total. The number of hydrogen-bond donors (Lipinski definition) is 1. The molecular weight excluding hydrogens is 387 g/mol. The molecule has 1 heterocycles. The Morgan fingerprint density at radius 2 is 1.77 bits per heavy atom. The molecule has 2 amide bonds. The summed E-state index contributed by atoms with van der Waals surface area (Å²) in [7, 11) is 0. The number of carbonyl (C=O) groups excluding carboxylic acids is 3. The van der Waals surface area contributed by atoms with Gasteiger partial charge >= 0.3 is 5.97 Å². The van der Waals surface area contributed by atoms with Crippen LogP contribution < -0.4 is 10.2 Å². The second-order valence-corrected chi connectivity index (χ2v) is 7.04. The van der Waals surface area contributed by atoms with Crippen molar-refractivity contribution in [3.63, 3.8) is 0 Å². The fourth-order valence-electron chi connectivity index (χ4n) is 3.54. The minimum absolute atomic E-state index is 0.0174. The third kappa shape index (κ3) is 4.00. The standard InChI is InChI=1S/C23H19FN2O4/c24-18-9-3-4-11-20(18)26-13-16(12-22(26)28)23(29)30-14-21(27)25-19-10-5-7-15-6-1-2-8-17(15)19/h1-11,16H,12-14H2,(H,25,27)/t16-/m0/s1. The van der Waals surface area contributed by atoms with Crippen LogP contribution in [-0.4, -0.2) is 30.9 Å². The van der Waals surface area contributed by atoms with Crippen LogP contribution in [0.3, 0.4) is 0 Å². The summed E-state index contributed by atoms with van der Waals surface area (Å²) in [5.41, 5.74) is 0.752. The zero-order chi connectivity index (χ0) is 21.1. The number of amides is 2. The molecule has 0 unspecified atom stereocenters. The molecule has 1 aliphatic heterocycles. The molecule has 0 saturated carbocycles. The summed E-state index contributed by atoms with van der Waals surface area (Å²) in [6.07, 6.45) is -0.0852. The van der Waals surface area contributed by atoms with Gasteiger partial charge in [0.15, 0.2) is 6.61 Å². The molecule has 0 aliphatic carbocycles. The summed E-state index contributed by atoms with van der Waals surface area (Å²) in [6, 6.07) is 19.0. The van der Waals surface area contributed by atoms with Crippen LogP contribution in [0, 0.1) is 11.7 Å². The van der Waals surface area contributed by atoms with Gasteiger partial charge in [-0.1, -0.05) is 48.5 Å². The first-order valence-electron chi connectivity index (χ1n) is 9.52. The van der Waals surface area contributed by atoms with E-state index in [0.717, 1.165) is 10.8 Å². The van der Waals surface area contributed by atoms with Crippen LogP contribution in [0.5, 0.6) is 0 Å². The van der Waals surface area contributed by atoms with Gasteiger partial charge in [0, 0.05) is 24.0 Å². The number of hydrogen-bond acceptors (Lipinski definition) is 4. The van der Waals surface area contributed by atoms with Gasteiger partial charge < -0.3 is 15.0 Å². The number of anilines is 2. The van der Waals surface area contributed by atoms with Crippen LogP contribution in [0.25, 0.3) is 10.8 Å². The van der Waals surface area contributed by atoms with Crippen molar-refractivity contribution < 1.29 is 23.5 Å². The van der Waals surface area contributed by atoms with Crippen molar-refractivity contribution in [1.82, 2.24) is 0 Å². The molecule has 3 aromatic carbocycles. The quantitative estimate of drug-likeness (QED) is 0.658. The number of halogens is 1. The topological polar surface area (TPSA) is 75.7 Å². The molecule has 1 N–H and O–H groups in total. The number of para-hydroxylation sites is 1. The lowest BCUT2D eigenvalue weighted by molar-refractivity contribution is -0.151. The Hall–Kier alpha value is -3.74. The lowest BCUT2D eigenvalue weighted by Crippen LogP contribution is -2.28. The first kappa shape index (κ1) is 19.6. The maximum absolute atomic E-state index is 14.0. The van der Waals surface area contributed by atoms with Crippen LogP contribution in [0.4, 0.5) is 15.8 Å². The van der Waals surface area contributed by atoms with Gasteiger partial charge in [-0.05, 0) is 23.6 Å². The first-order valence-corrected chi connectivity index (χ1v) is 9.52. The Labute approximate surface area is 172 Å². The molecule has 1 atom stereocenters. The van der Waals surface area contributed by atoms with E-state index in [9.17, 15) is 18.8 Å². The SMILES string of the molecule is O=C(COC(=O)[C@H]1CC(=O)N(c2ccccc2F)C1)Nc1cccc2ccccc12. The second-order valence-electron chi connectivity index (χ2n) is 7.04. The van der Waals surface area contributed by atoms with Crippen LogP contribution in [0.2, 0.25) is 0 Å². The van der Waals surface area contributed by atoms with Crippen LogP contribution >= 0.6 is 0 Å². The Kier molecular flexibility index (Phi) is 5.43. The average Bonchev–Trinajstić information content (AvgIpc) is 3.14. The minimum Gasteiger partial charge on any atom is -0.455 e. The number of fused-ring (bicyclic) bond motifs is 1. The van der Waals surface area contributed by atoms with Gasteiger partial charge in [0.25, 0.3) is 5.91 Å². The van der Waals surface area contributed by atoms with Crippen molar-refractivity contribution in [3.8, 4) is 0 Å². The molecule has 3 aromatic rings. The fraction of sp³-hybridized carbons (Fsp3) is 0.174. The number of rotatable bonds is 5. The van der Waals surface area contributed by atoms with Gasteiger partial charge in [-0.3, -0.25) is 14.4 Å². The Balaban J connectivity index is 1.35. The van der Waals surface area contributed by atoms with E-state index in [1.807, 2.05) is 36.4 Å². The van der Waals surface area contributed by atoms with Crippen molar-refractivity contribution in [1.29, 1.82) is 0 Å². The molecule has 4 rings (SSSR count). The largest absolute Gasteiger partial charge is 0.455 e. The lowest BCUT2D eigenvalue weighted by atomic mass is 10.1. The molecular formula is C23H19FN2O4. The van der Waals surface area contributed by atoms with Crippen molar-refractivity contribution in [2.24, 2.45) is 5.92 Å². The highest BCUT2D eigenvalue weighted by Crippen LogP contribution is 2.28. The lowest BCUT2D eigenvalue weighted by Gasteiger charge is -2.17. The molecule has 7 heteroatoms. The van der Waals surface area contributed by atoms with E-state index in [1.165, 1.54) is 23.1 Å². The molecule has 0 spiro atoms. The van der Waals surface area contributed by atoms with E-state index >= 15 is 0 Å². The summed E-state index contributed by atoms with van der Waals surface area (Å²) in [6.45, 7) is -0.448. The zero-order valence-electron chi connectivity index (χ0n) is 16.0. The van der Waals surface area contributed by atoms with E-state index in [0.29, 0.717) is 5.69 Å². The molecule has 0 bridgehead atoms. The number of benzene rings is 3. The summed E-state index contributed by atoms with van der Waals surface area (Å²) in [5.74, 6) is -2.77. The number of nitrogens with one attached hydrogen (secondary N) is 1. The predicted octanol–water partition coefficient (Wildman–Crippen LogP) is 3.51.